The molecular weight excluding hydrogens is 429 g/mol. The third-order valence-corrected chi connectivity index (χ3v) is 5.76. The Morgan fingerprint density at radius 2 is 2.00 bits per heavy atom. The van der Waals surface area contributed by atoms with Crippen LogP contribution < -0.4 is 5.32 Å². The highest BCUT2D eigenvalue weighted by Crippen LogP contribution is 2.34. The van der Waals surface area contributed by atoms with E-state index in [2.05, 4.69) is 39.5 Å². The van der Waals surface area contributed by atoms with E-state index in [9.17, 15) is 18.0 Å². The molecule has 1 aromatic heterocycles. The number of nitrogens with one attached hydrogen (secondary N) is 2. The van der Waals surface area contributed by atoms with Crippen molar-refractivity contribution in [3.8, 4) is 0 Å². The van der Waals surface area contributed by atoms with E-state index in [1.54, 1.807) is 19.0 Å². The normalized spacial score (nSPS) is 22.8. The van der Waals surface area contributed by atoms with E-state index in [1.165, 1.54) is 16.5 Å². The summed E-state index contributed by atoms with van der Waals surface area (Å²) in [5, 5.41) is 11.4. The summed E-state index contributed by atoms with van der Waals surface area (Å²) < 4.78 is 37.7. The second-order valence-corrected chi connectivity index (χ2v) is 8.23. The van der Waals surface area contributed by atoms with Gasteiger partial charge in [0.25, 0.3) is 0 Å². The number of carbonyl (C=O) groups is 2. The van der Waals surface area contributed by atoms with Gasteiger partial charge < -0.3 is 25.0 Å². The van der Waals surface area contributed by atoms with E-state index < -0.39 is 12.1 Å². The van der Waals surface area contributed by atoms with Gasteiger partial charge in [0.05, 0.1) is 12.7 Å². The van der Waals surface area contributed by atoms with Crippen LogP contribution >= 0.6 is 0 Å². The number of aromatic nitrogens is 1. The molecule has 32 heavy (non-hydrogen) atoms. The average molecular weight is 456 g/mol. The Balaban J connectivity index is 0.000000360. The number of halogens is 3. The molecule has 2 saturated heterocycles. The fourth-order valence-corrected chi connectivity index (χ4v) is 4.13. The van der Waals surface area contributed by atoms with Crippen LogP contribution in [0, 0.1) is 11.8 Å². The first-order valence-corrected chi connectivity index (χ1v) is 10.2. The number of aromatic amines is 1. The fourth-order valence-electron chi connectivity index (χ4n) is 4.13. The molecule has 0 unspecified atom stereocenters. The zero-order valence-corrected chi connectivity index (χ0v) is 17.9. The van der Waals surface area contributed by atoms with Gasteiger partial charge in [-0.25, -0.2) is 9.59 Å². The second kappa shape index (κ2) is 9.78. The number of rotatable bonds is 4. The van der Waals surface area contributed by atoms with Gasteiger partial charge in [0, 0.05) is 69.2 Å². The lowest BCUT2D eigenvalue weighted by Gasteiger charge is -2.21. The van der Waals surface area contributed by atoms with E-state index in [1.807, 2.05) is 6.20 Å². The third kappa shape index (κ3) is 5.71. The van der Waals surface area contributed by atoms with Crippen molar-refractivity contribution in [1.82, 2.24) is 20.1 Å². The number of ether oxygens (including phenoxy) is 1. The van der Waals surface area contributed by atoms with Gasteiger partial charge in [0.1, 0.15) is 0 Å². The standard InChI is InChI=1S/C19H26N4O2.C2HF3O2/c1-22(2)19(24)21-8-14-12-25-18-11-23(10-16(14)18)9-13-4-3-5-17-15(13)6-7-20-17;3-2(4,5)1(6)7/h3-7,14,16,18,20H,8-12H2,1-2H3,(H,21,24);(H,6,7)/t14-,16+,18+;/m0./s1. The Morgan fingerprint density at radius 3 is 2.66 bits per heavy atom. The van der Waals surface area contributed by atoms with Gasteiger partial charge in [-0.15, -0.1) is 0 Å². The fraction of sp³-hybridized carbons (Fsp3) is 0.524. The maximum Gasteiger partial charge on any atom is 0.490 e. The first-order valence-electron chi connectivity index (χ1n) is 10.2. The number of hydrogen-bond acceptors (Lipinski definition) is 4. The highest BCUT2D eigenvalue weighted by molar-refractivity contribution is 5.82. The minimum Gasteiger partial charge on any atom is -0.475 e. The van der Waals surface area contributed by atoms with Crippen LogP contribution in [-0.4, -0.2) is 84.5 Å². The minimum atomic E-state index is -5.08. The van der Waals surface area contributed by atoms with Gasteiger partial charge >= 0.3 is 18.2 Å². The monoisotopic (exact) mass is 456 g/mol. The van der Waals surface area contributed by atoms with Crippen LogP contribution in [0.2, 0.25) is 0 Å². The van der Waals surface area contributed by atoms with Gasteiger partial charge in [-0.2, -0.15) is 13.2 Å². The van der Waals surface area contributed by atoms with Crippen LogP contribution in [0.25, 0.3) is 10.9 Å². The molecule has 4 rings (SSSR count). The molecule has 2 aliphatic heterocycles. The maximum atomic E-state index is 11.8. The Kier molecular flexibility index (Phi) is 7.29. The van der Waals surface area contributed by atoms with Crippen molar-refractivity contribution in [2.75, 3.05) is 40.3 Å². The van der Waals surface area contributed by atoms with Crippen molar-refractivity contribution >= 4 is 22.9 Å². The summed E-state index contributed by atoms with van der Waals surface area (Å²) in [4.78, 5) is 28.0. The number of benzene rings is 1. The summed E-state index contributed by atoms with van der Waals surface area (Å²) >= 11 is 0. The Bertz CT molecular complexity index is 947. The molecule has 0 radical (unpaired) electrons. The number of H-pyrrole nitrogens is 1. The smallest absolute Gasteiger partial charge is 0.475 e. The van der Waals surface area contributed by atoms with Crippen molar-refractivity contribution in [1.29, 1.82) is 0 Å². The highest BCUT2D eigenvalue weighted by atomic mass is 19.4. The number of carboxylic acids is 1. The summed E-state index contributed by atoms with van der Waals surface area (Å²) in [5.74, 6) is -1.85. The second-order valence-electron chi connectivity index (χ2n) is 8.23. The molecule has 0 spiro atoms. The summed E-state index contributed by atoms with van der Waals surface area (Å²) in [5.41, 5.74) is 2.55. The lowest BCUT2D eigenvalue weighted by Crippen LogP contribution is -2.39. The van der Waals surface area contributed by atoms with Crippen molar-refractivity contribution in [2.45, 2.75) is 18.8 Å². The van der Waals surface area contributed by atoms with Gasteiger partial charge in [-0.1, -0.05) is 12.1 Å². The van der Waals surface area contributed by atoms with E-state index in [0.29, 0.717) is 24.5 Å². The molecule has 2 fully saturated rings. The number of urea groups is 1. The molecule has 3 atom stereocenters. The summed E-state index contributed by atoms with van der Waals surface area (Å²) in [6.45, 7) is 4.41. The van der Waals surface area contributed by atoms with Crippen molar-refractivity contribution in [2.24, 2.45) is 11.8 Å². The molecule has 2 aromatic rings. The number of carboxylic acid groups (broad SMARTS) is 1. The number of aliphatic carboxylic acids is 1. The van der Waals surface area contributed by atoms with E-state index in [-0.39, 0.29) is 6.03 Å². The minimum absolute atomic E-state index is 0.0301. The molecule has 3 heterocycles. The molecule has 3 N–H and O–H groups in total. The van der Waals surface area contributed by atoms with E-state index in [0.717, 1.165) is 26.2 Å². The molecule has 0 bridgehead atoms. The van der Waals surface area contributed by atoms with Gasteiger partial charge in [-0.3, -0.25) is 4.90 Å². The van der Waals surface area contributed by atoms with Crippen LogP contribution in [0.3, 0.4) is 0 Å². The van der Waals surface area contributed by atoms with Gasteiger partial charge in [-0.05, 0) is 17.7 Å². The summed E-state index contributed by atoms with van der Waals surface area (Å²) in [6, 6.07) is 8.56. The zero-order chi connectivity index (χ0) is 23.5. The molecule has 8 nitrogen and oxygen atoms in total. The van der Waals surface area contributed by atoms with Crippen LogP contribution in [0.1, 0.15) is 5.56 Å². The molecule has 1 aromatic carbocycles. The molecule has 2 aliphatic rings. The molecule has 0 aliphatic carbocycles. The number of likely N-dealkylation sites (tertiary alicyclic amines) is 1. The lowest BCUT2D eigenvalue weighted by molar-refractivity contribution is -0.192. The largest absolute Gasteiger partial charge is 0.490 e. The number of amides is 2. The molecule has 2 amide bonds. The molecular formula is C21H27F3N4O4. The Hall–Kier alpha value is -2.79. The van der Waals surface area contributed by atoms with Crippen LogP contribution in [0.4, 0.5) is 18.0 Å². The van der Waals surface area contributed by atoms with Crippen molar-refractivity contribution in [3.05, 3.63) is 36.0 Å². The number of carbonyl (C=O) groups excluding carboxylic acids is 1. The number of alkyl halides is 3. The van der Waals surface area contributed by atoms with E-state index >= 15 is 0 Å². The average Bonchev–Trinajstić information content (AvgIpc) is 3.42. The molecule has 0 saturated carbocycles. The van der Waals surface area contributed by atoms with Crippen molar-refractivity contribution < 1.29 is 32.6 Å². The maximum absolute atomic E-state index is 11.8. The quantitative estimate of drug-likeness (QED) is 0.657. The number of hydrogen-bond donors (Lipinski definition) is 3. The lowest BCUT2D eigenvalue weighted by atomic mass is 9.93. The summed E-state index contributed by atoms with van der Waals surface area (Å²) in [6.07, 6.45) is -2.79. The number of nitrogens with zero attached hydrogens (tertiary/aromatic N) is 2. The van der Waals surface area contributed by atoms with Gasteiger partial charge in [0.2, 0.25) is 0 Å². The van der Waals surface area contributed by atoms with Crippen LogP contribution in [0.5, 0.6) is 0 Å². The predicted octanol–water partition coefficient (Wildman–Crippen LogP) is 2.52. The molecule has 11 heteroatoms. The Labute approximate surface area is 183 Å². The number of fused-ring (bicyclic) bond motifs is 2. The van der Waals surface area contributed by atoms with Gasteiger partial charge in [0.15, 0.2) is 0 Å². The Morgan fingerprint density at radius 1 is 1.28 bits per heavy atom. The van der Waals surface area contributed by atoms with Crippen molar-refractivity contribution in [3.63, 3.8) is 0 Å². The first kappa shape index (κ1) is 23.9. The molecule has 176 valence electrons. The third-order valence-electron chi connectivity index (χ3n) is 5.76. The summed E-state index contributed by atoms with van der Waals surface area (Å²) in [7, 11) is 3.53. The first-order chi connectivity index (χ1) is 15.1. The highest BCUT2D eigenvalue weighted by Gasteiger charge is 2.43. The predicted molar refractivity (Wildman–Crippen MR) is 111 cm³/mol. The van der Waals surface area contributed by atoms with E-state index in [4.69, 9.17) is 14.6 Å². The zero-order valence-electron chi connectivity index (χ0n) is 17.9. The van der Waals surface area contributed by atoms with Crippen LogP contribution in [0.15, 0.2) is 30.5 Å². The SMILES string of the molecule is CN(C)C(=O)NC[C@H]1CO[C@@H]2CN(Cc3cccc4[nH]ccc34)C[C@H]12.O=C(O)C(F)(F)F. The van der Waals surface area contributed by atoms with Crippen LogP contribution in [-0.2, 0) is 16.1 Å². The topological polar surface area (TPSA) is 97.9 Å².